The molecule has 0 atom stereocenters. The number of ether oxygens (including phenoxy) is 1. The minimum atomic E-state index is -2.04. The van der Waals surface area contributed by atoms with E-state index in [0.717, 1.165) is 29.5 Å². The quantitative estimate of drug-likeness (QED) is 0.0106. The average molecular weight is 2300 g/mol. The standard InChI is InChI=1S/C20H16NP.C12H12N7O.C12H11N4O.C12H9N4O.2C12H12N3O3.C10H8N3O2.CH4O.CH4.6Y/c21-16-17-22(18-10-4-1-5-11-18,19-12-6-2-7-13-19)20-14-8-3-9-15-20;1-13-12(20)9-3-2-6-19-10(9)7-8(16-19)4-5-11-14-17-18-15-11;2*1-14-12(17)10-5-3-7-16-11(10)8-9(15-16)4-2-6-13;1-13-12(18)9-3-2-6-15-10(9)7-8(14-15)4-5-11(16)17;1-3-18-12(17)9-7-10-8(11(16)13-2)5-4-6-15(10)14-9;1-11-10(15)8-3-2-4-13-9(8)5-7(6-14)12-13;1-2;;;;;;;/h1-15,17H;2-3,6-7H,1,4-5H2,(H,13,20)(H,14,15,17,18);3,5,7-8H,1-2,4H2,(H,14,17);2-5,7-8H,1H2,(H,14,17);2-3,6-7H,1,4-5H2,(H,13,18)(H,16,17);4-7H,2-3H2,1H3,(H,13,16);2-6H,1H2,(H,11,15);2H,1H3;1H4;;;;;;/q;6*-1;;;;;;;;. The number of H-pyrrole nitrogens is 1. The number of hydrogen-bond donors (Lipinski definition) is 9. The summed E-state index contributed by atoms with van der Waals surface area (Å²) in [5, 5.41) is 98.5. The number of hydrogen-bond acceptors (Lipinski definition) is 23. The van der Waals surface area contributed by atoms with Crippen LogP contribution in [0.3, 0.4) is 0 Å². The Hall–Kier alpha value is -10.6. The van der Waals surface area contributed by atoms with Gasteiger partial charge < -0.3 is 46.9 Å². The second-order valence-corrected chi connectivity index (χ2v) is 29.5. The van der Waals surface area contributed by atoms with Crippen LogP contribution >= 0.6 is 6.89 Å². The average Bonchev–Trinajstić information content (AvgIpc) is 1.33. The fraction of sp³-hybridized carbons (Fsp3) is 0.109. The van der Waals surface area contributed by atoms with Crippen LogP contribution in [-0.2, 0) is 231 Å². The van der Waals surface area contributed by atoms with E-state index in [9.17, 15) is 48.4 Å². The number of nitrogens with zero attached hydrogens (tertiary/aromatic N) is 18. The second kappa shape index (κ2) is 63.0. The van der Waals surface area contributed by atoms with E-state index in [-0.39, 0.29) is 258 Å². The summed E-state index contributed by atoms with van der Waals surface area (Å²) in [4.78, 5) is 102. The zero-order valence-corrected chi connectivity index (χ0v) is 90.9. The molecule has 16 rings (SSSR count). The van der Waals surface area contributed by atoms with Crippen LogP contribution in [-0.4, -0.2) is 162 Å². The summed E-state index contributed by atoms with van der Waals surface area (Å²) in [5.74, 6) is -0.608. The zero-order valence-electron chi connectivity index (χ0n) is 73.0. The minimum absolute atomic E-state index is 0. The first-order valence-electron chi connectivity index (χ1n) is 38.8. The number of pyridine rings is 6. The molecular formula is C92H88N25O12PY6-6. The number of carbonyl (C=O) groups excluding carboxylic acids is 8. The fourth-order valence-corrected chi connectivity index (χ4v) is 16.1. The predicted octanol–water partition coefficient (Wildman–Crippen LogP) is 8.97. The Bertz CT molecular complexity index is 6750. The van der Waals surface area contributed by atoms with Crippen molar-refractivity contribution >= 4 is 121 Å². The maximum Gasteiger partial charge on any atom is 0.358 e. The van der Waals surface area contributed by atoms with Gasteiger partial charge in [0.15, 0.2) is 17.8 Å². The molecule has 6 radical (unpaired) electrons. The summed E-state index contributed by atoms with van der Waals surface area (Å²) in [6.07, 6.45) is 16.6. The topological polar surface area (TPSA) is 505 Å². The van der Waals surface area contributed by atoms with Crippen LogP contribution < -0.4 is 47.8 Å². The normalized spacial score (nSPS) is 9.84. The van der Waals surface area contributed by atoms with Crippen molar-refractivity contribution in [1.29, 1.82) is 15.8 Å². The van der Waals surface area contributed by atoms with Gasteiger partial charge in [0.25, 0.3) is 0 Å². The third-order valence-corrected chi connectivity index (χ3v) is 22.2. The van der Waals surface area contributed by atoms with Crippen LogP contribution in [0.2, 0.25) is 0 Å². The number of aliphatic carboxylic acids is 1. The summed E-state index contributed by atoms with van der Waals surface area (Å²) in [7, 11) is 21.0. The van der Waals surface area contributed by atoms with Crippen LogP contribution in [0.5, 0.6) is 0 Å². The van der Waals surface area contributed by atoms with Gasteiger partial charge in [0.05, 0.1) is 120 Å². The van der Waals surface area contributed by atoms with Gasteiger partial charge in [-0.2, -0.15) is 51.6 Å². The van der Waals surface area contributed by atoms with E-state index >= 15 is 0 Å². The molecule has 0 saturated carbocycles. The molecule has 0 bridgehead atoms. The Morgan fingerprint density at radius 2 is 0.765 bits per heavy atom. The van der Waals surface area contributed by atoms with Gasteiger partial charge in [0.2, 0.25) is 35.4 Å². The van der Waals surface area contributed by atoms with E-state index in [1.807, 2.05) is 78.6 Å². The molecule has 136 heavy (non-hydrogen) atoms. The third kappa shape index (κ3) is 32.8. The Kier molecular flexibility index (Phi) is 56.3. The molecule has 6 amide bonds. The number of amides is 6. The van der Waals surface area contributed by atoms with Crippen LogP contribution in [0.1, 0.15) is 139 Å². The molecule has 13 aromatic heterocycles. The van der Waals surface area contributed by atoms with Crippen molar-refractivity contribution in [2.24, 2.45) is 0 Å². The maximum absolute atomic E-state index is 11.7. The monoisotopic (exact) mass is 2300 g/mol. The number of carbonyl (C=O) groups is 9. The Morgan fingerprint density at radius 3 is 1.09 bits per heavy atom. The molecule has 13 heterocycles. The van der Waals surface area contributed by atoms with Crippen molar-refractivity contribution in [3.05, 3.63) is 359 Å². The Morgan fingerprint density at radius 1 is 0.434 bits per heavy atom. The van der Waals surface area contributed by atoms with Crippen LogP contribution in [0.25, 0.3) is 39.2 Å². The van der Waals surface area contributed by atoms with E-state index in [1.165, 1.54) is 37.1 Å². The van der Waals surface area contributed by atoms with E-state index < -0.39 is 18.8 Å². The van der Waals surface area contributed by atoms with E-state index in [1.54, 1.807) is 159 Å². The number of allylic oxidation sites excluding steroid dienone is 1. The van der Waals surface area contributed by atoms with Gasteiger partial charge in [0, 0.05) is 278 Å². The van der Waals surface area contributed by atoms with Crippen LogP contribution in [0, 0.1) is 76.3 Å². The number of benzene rings is 3. The van der Waals surface area contributed by atoms with Crippen molar-refractivity contribution < 1.29 is 254 Å². The summed E-state index contributed by atoms with van der Waals surface area (Å²) in [6.45, 7) is -0.0451. The number of nitrogens with one attached hydrogen (secondary N) is 7. The van der Waals surface area contributed by atoms with Gasteiger partial charge in [-0.05, 0) is 151 Å². The number of carboxylic acid groups (broad SMARTS) is 1. The molecule has 9 N–H and O–H groups in total. The number of aliphatic hydroxyl groups is 1. The number of nitriles is 3. The molecule has 16 aromatic rings. The van der Waals surface area contributed by atoms with E-state index in [0.29, 0.717) is 117 Å². The van der Waals surface area contributed by atoms with Crippen molar-refractivity contribution in [2.45, 2.75) is 52.9 Å². The predicted molar refractivity (Wildman–Crippen MR) is 487 cm³/mol. The first kappa shape index (κ1) is 121. The molecule has 0 aliphatic rings. The maximum atomic E-state index is 11.7. The summed E-state index contributed by atoms with van der Waals surface area (Å²) in [5.41, 5.74) is 10.1. The molecule has 0 aliphatic carbocycles. The van der Waals surface area contributed by atoms with Crippen molar-refractivity contribution in [3.8, 4) is 18.2 Å². The molecule has 0 fully saturated rings. The second-order valence-electron chi connectivity index (χ2n) is 26.3. The van der Waals surface area contributed by atoms with Gasteiger partial charge in [-0.25, -0.2) is 31.9 Å². The number of aliphatic hydroxyl groups excluding tert-OH is 1. The molecule has 0 saturated heterocycles. The molecule has 37 nitrogen and oxygen atoms in total. The number of aromatic amines is 1. The van der Waals surface area contributed by atoms with Gasteiger partial charge in [-0.1, -0.05) is 104 Å². The number of aldehydes is 1. The number of carboxylic acids is 1. The van der Waals surface area contributed by atoms with Gasteiger partial charge in [0.1, 0.15) is 5.69 Å². The Balaban J connectivity index is 0.000000532. The molecular weight excluding hydrogens is 2210 g/mol. The molecule has 3 aromatic carbocycles. The SMILES string of the molecule is C.CO.N#CC=P(c1ccccc1)(c1ccccc1)c1ccccc1.[CH2-]NC(=O)c1cccn2nc(C(=O)OCC)cc12.[CH2-]NC(=O)c1cccn2nc(C=CC#N)cc12.[CH2-]NC(=O)c1cccn2nc(C=O)cc12.[CH2-]NC(=O)c1cccn2nc(CCC#N)cc12.[CH2-]NC(=O)c1cccn2nc(CCC(=O)O)cc12.[CH2-]NC(=O)c1cccn2nc(CCc3nn[nH]n3)cc12.[Y].[Y].[Y].[Y].[Y].[Y]. The van der Waals surface area contributed by atoms with E-state index in [2.05, 4.69) is 174 Å². The number of aromatic nitrogens is 16. The summed E-state index contributed by atoms with van der Waals surface area (Å²) < 4.78 is 14.2. The van der Waals surface area contributed by atoms with Crippen molar-refractivity contribution in [1.82, 2.24) is 110 Å². The van der Waals surface area contributed by atoms with Crippen molar-refractivity contribution in [3.63, 3.8) is 0 Å². The molecule has 0 spiro atoms. The van der Waals surface area contributed by atoms with Gasteiger partial charge in [-0.15, -0.1) is 10.2 Å². The number of aryl methyl sites for hydroxylation is 4. The first-order valence-corrected chi connectivity index (χ1v) is 40.6. The number of rotatable bonds is 21. The summed E-state index contributed by atoms with van der Waals surface area (Å²) >= 11 is 0. The molecule has 682 valence electrons. The number of tetrazole rings is 1. The first-order chi connectivity index (χ1) is 62.7. The van der Waals surface area contributed by atoms with Crippen LogP contribution in [0.15, 0.2) is 243 Å². The molecule has 0 aliphatic heterocycles. The summed E-state index contributed by atoms with van der Waals surface area (Å²) in [6, 6.07) is 67.9. The molecule has 44 heteroatoms. The fourth-order valence-electron chi connectivity index (χ4n) is 12.6. The van der Waals surface area contributed by atoms with Crippen molar-refractivity contribution in [2.75, 3.05) is 13.7 Å². The zero-order chi connectivity index (χ0) is 92.8. The van der Waals surface area contributed by atoms with Crippen LogP contribution in [0.4, 0.5) is 0 Å². The van der Waals surface area contributed by atoms with Gasteiger partial charge >= 0.3 is 11.9 Å². The largest absolute Gasteiger partial charge is 0.504 e. The smallest absolute Gasteiger partial charge is 0.358 e. The minimum Gasteiger partial charge on any atom is -0.504 e. The molecule has 0 unspecified atom stereocenters. The Labute approximate surface area is 934 Å². The van der Waals surface area contributed by atoms with E-state index in [4.69, 9.17) is 25.5 Å². The number of fused-ring (bicyclic) bond motifs is 6. The van der Waals surface area contributed by atoms with Gasteiger partial charge in [-0.3, -0.25) is 80.6 Å². The number of esters is 1. The third-order valence-electron chi connectivity index (χ3n) is 18.4.